The van der Waals surface area contributed by atoms with Crippen LogP contribution in [0.2, 0.25) is 0 Å². The predicted octanol–water partition coefficient (Wildman–Crippen LogP) is 1.99. The SMILES string of the molecule is CN1CCN(c2cccc3cnccc23)CC1. The van der Waals surface area contributed by atoms with Crippen LogP contribution in [0.1, 0.15) is 0 Å². The maximum atomic E-state index is 4.18. The number of anilines is 1. The number of rotatable bonds is 1. The quantitative estimate of drug-likeness (QED) is 0.742. The van der Waals surface area contributed by atoms with Crippen molar-refractivity contribution in [3.8, 4) is 0 Å². The third-order valence-electron chi connectivity index (χ3n) is 3.50. The van der Waals surface area contributed by atoms with Crippen molar-refractivity contribution in [1.29, 1.82) is 0 Å². The van der Waals surface area contributed by atoms with Gasteiger partial charge in [0.25, 0.3) is 0 Å². The summed E-state index contributed by atoms with van der Waals surface area (Å²) in [6.07, 6.45) is 3.82. The van der Waals surface area contributed by atoms with Gasteiger partial charge in [-0.25, -0.2) is 0 Å². The summed E-state index contributed by atoms with van der Waals surface area (Å²) in [5.41, 5.74) is 1.35. The molecule has 0 atom stereocenters. The second kappa shape index (κ2) is 4.34. The highest BCUT2D eigenvalue weighted by Gasteiger charge is 2.15. The molecule has 1 aromatic heterocycles. The summed E-state index contributed by atoms with van der Waals surface area (Å²) in [5.74, 6) is 0. The lowest BCUT2D eigenvalue weighted by Crippen LogP contribution is -2.44. The molecule has 1 aliphatic rings. The molecule has 0 amide bonds. The second-order valence-electron chi connectivity index (χ2n) is 4.66. The first-order chi connectivity index (χ1) is 8.34. The first-order valence-corrected chi connectivity index (χ1v) is 6.11. The lowest BCUT2D eigenvalue weighted by atomic mass is 10.1. The third kappa shape index (κ3) is 1.98. The minimum absolute atomic E-state index is 1.11. The van der Waals surface area contributed by atoms with Gasteiger partial charge in [-0.15, -0.1) is 0 Å². The van der Waals surface area contributed by atoms with E-state index in [9.17, 15) is 0 Å². The second-order valence-corrected chi connectivity index (χ2v) is 4.66. The molecule has 1 fully saturated rings. The van der Waals surface area contributed by atoms with Crippen molar-refractivity contribution < 1.29 is 0 Å². The largest absolute Gasteiger partial charge is 0.368 e. The van der Waals surface area contributed by atoms with Gasteiger partial charge in [-0.2, -0.15) is 0 Å². The first kappa shape index (κ1) is 10.5. The van der Waals surface area contributed by atoms with Gasteiger partial charge in [0.1, 0.15) is 0 Å². The minimum atomic E-state index is 1.11. The summed E-state index contributed by atoms with van der Waals surface area (Å²) in [6.45, 7) is 4.50. The molecule has 1 aromatic carbocycles. The zero-order valence-corrected chi connectivity index (χ0v) is 10.1. The summed E-state index contributed by atoms with van der Waals surface area (Å²) in [5, 5.41) is 2.54. The van der Waals surface area contributed by atoms with E-state index in [1.165, 1.54) is 16.5 Å². The number of aromatic nitrogens is 1. The smallest absolute Gasteiger partial charge is 0.0447 e. The molecule has 1 saturated heterocycles. The van der Waals surface area contributed by atoms with Crippen LogP contribution in [0.5, 0.6) is 0 Å². The van der Waals surface area contributed by atoms with Crippen molar-refractivity contribution in [2.45, 2.75) is 0 Å². The Morgan fingerprint density at radius 2 is 1.88 bits per heavy atom. The lowest BCUT2D eigenvalue weighted by Gasteiger charge is -2.34. The summed E-state index contributed by atoms with van der Waals surface area (Å²) in [7, 11) is 2.18. The van der Waals surface area contributed by atoms with Crippen molar-refractivity contribution in [2.75, 3.05) is 38.1 Å². The molecule has 0 spiro atoms. The molecule has 3 nitrogen and oxygen atoms in total. The molecule has 3 rings (SSSR count). The molecule has 2 heterocycles. The van der Waals surface area contributed by atoms with Crippen molar-refractivity contribution in [1.82, 2.24) is 9.88 Å². The fourth-order valence-electron chi connectivity index (χ4n) is 2.43. The Labute approximate surface area is 102 Å². The van der Waals surface area contributed by atoms with Crippen LogP contribution in [0.4, 0.5) is 5.69 Å². The highest BCUT2D eigenvalue weighted by atomic mass is 15.2. The van der Waals surface area contributed by atoms with E-state index in [0.29, 0.717) is 0 Å². The van der Waals surface area contributed by atoms with Crippen molar-refractivity contribution in [3.63, 3.8) is 0 Å². The molecule has 17 heavy (non-hydrogen) atoms. The molecule has 3 heteroatoms. The van der Waals surface area contributed by atoms with Crippen molar-refractivity contribution in [3.05, 3.63) is 36.7 Å². The molecule has 0 aliphatic carbocycles. The number of hydrogen-bond donors (Lipinski definition) is 0. The topological polar surface area (TPSA) is 19.4 Å². The van der Waals surface area contributed by atoms with Gasteiger partial charge in [-0.05, 0) is 19.2 Å². The van der Waals surface area contributed by atoms with Crippen LogP contribution >= 0.6 is 0 Å². The number of likely N-dealkylation sites (N-methyl/N-ethyl adjacent to an activating group) is 1. The molecule has 0 unspecified atom stereocenters. The van der Waals surface area contributed by atoms with Crippen molar-refractivity contribution >= 4 is 16.5 Å². The van der Waals surface area contributed by atoms with Gasteiger partial charge in [0.05, 0.1) is 0 Å². The number of benzene rings is 1. The lowest BCUT2D eigenvalue weighted by molar-refractivity contribution is 0.313. The van der Waals surface area contributed by atoms with Crippen LogP contribution in [0, 0.1) is 0 Å². The fourth-order valence-corrected chi connectivity index (χ4v) is 2.43. The molecule has 1 aliphatic heterocycles. The summed E-state index contributed by atoms with van der Waals surface area (Å²) < 4.78 is 0. The van der Waals surface area contributed by atoms with E-state index in [1.54, 1.807) is 0 Å². The van der Waals surface area contributed by atoms with Crippen LogP contribution in [0.15, 0.2) is 36.7 Å². The maximum Gasteiger partial charge on any atom is 0.0447 e. The molecule has 0 N–H and O–H groups in total. The Hall–Kier alpha value is -1.61. The van der Waals surface area contributed by atoms with Gasteiger partial charge >= 0.3 is 0 Å². The van der Waals surface area contributed by atoms with Crippen LogP contribution in [0.3, 0.4) is 0 Å². The molecule has 0 bridgehead atoms. The van der Waals surface area contributed by atoms with Gasteiger partial charge in [0.2, 0.25) is 0 Å². The van der Waals surface area contributed by atoms with E-state index in [4.69, 9.17) is 0 Å². The van der Waals surface area contributed by atoms with Gasteiger partial charge in [-0.1, -0.05) is 12.1 Å². The Morgan fingerprint density at radius 3 is 2.71 bits per heavy atom. The van der Waals surface area contributed by atoms with Gasteiger partial charge in [0, 0.05) is 55.0 Å². The zero-order chi connectivity index (χ0) is 11.7. The average Bonchev–Trinajstić information content (AvgIpc) is 2.39. The highest BCUT2D eigenvalue weighted by molar-refractivity contribution is 5.93. The van der Waals surface area contributed by atoms with Gasteiger partial charge < -0.3 is 9.80 Å². The van der Waals surface area contributed by atoms with Crippen LogP contribution < -0.4 is 4.90 Å². The normalized spacial score (nSPS) is 17.6. The number of hydrogen-bond acceptors (Lipinski definition) is 3. The Morgan fingerprint density at radius 1 is 1.06 bits per heavy atom. The molecular weight excluding hydrogens is 210 g/mol. The average molecular weight is 227 g/mol. The van der Waals surface area contributed by atoms with Crippen LogP contribution in [0.25, 0.3) is 10.8 Å². The third-order valence-corrected chi connectivity index (χ3v) is 3.50. The maximum absolute atomic E-state index is 4.18. The standard InChI is InChI=1S/C14H17N3/c1-16-7-9-17(10-8-16)14-4-2-3-12-11-15-6-5-13(12)14/h2-6,11H,7-10H2,1H3. The summed E-state index contributed by atoms with van der Waals surface area (Å²) in [6, 6.07) is 8.58. The minimum Gasteiger partial charge on any atom is -0.368 e. The summed E-state index contributed by atoms with van der Waals surface area (Å²) >= 11 is 0. The van der Waals surface area contributed by atoms with Gasteiger partial charge in [-0.3, -0.25) is 4.98 Å². The van der Waals surface area contributed by atoms with E-state index in [1.807, 2.05) is 12.4 Å². The van der Waals surface area contributed by atoms with Gasteiger partial charge in [0.15, 0.2) is 0 Å². The van der Waals surface area contributed by atoms with E-state index in [0.717, 1.165) is 26.2 Å². The fraction of sp³-hybridized carbons (Fsp3) is 0.357. The monoisotopic (exact) mass is 227 g/mol. The Balaban J connectivity index is 2.00. The molecule has 0 radical (unpaired) electrons. The Bertz CT molecular complexity index is 510. The molecule has 88 valence electrons. The predicted molar refractivity (Wildman–Crippen MR) is 71.5 cm³/mol. The molecule has 2 aromatic rings. The van der Waals surface area contributed by atoms with E-state index in [-0.39, 0.29) is 0 Å². The van der Waals surface area contributed by atoms with E-state index >= 15 is 0 Å². The van der Waals surface area contributed by atoms with E-state index < -0.39 is 0 Å². The summed E-state index contributed by atoms with van der Waals surface area (Å²) in [4.78, 5) is 9.04. The number of pyridine rings is 1. The molecule has 0 saturated carbocycles. The first-order valence-electron chi connectivity index (χ1n) is 6.11. The van der Waals surface area contributed by atoms with Crippen LogP contribution in [-0.4, -0.2) is 43.1 Å². The zero-order valence-electron chi connectivity index (χ0n) is 10.1. The number of fused-ring (bicyclic) bond motifs is 1. The number of piperazine rings is 1. The Kier molecular flexibility index (Phi) is 2.69. The van der Waals surface area contributed by atoms with Crippen LogP contribution in [-0.2, 0) is 0 Å². The highest BCUT2D eigenvalue weighted by Crippen LogP contribution is 2.26. The molecular formula is C14H17N3. The number of nitrogens with zero attached hydrogens (tertiary/aromatic N) is 3. The van der Waals surface area contributed by atoms with E-state index in [2.05, 4.69) is 46.1 Å². The van der Waals surface area contributed by atoms with Crippen molar-refractivity contribution in [2.24, 2.45) is 0 Å².